The van der Waals surface area contributed by atoms with Gasteiger partial charge in [-0.3, -0.25) is 4.84 Å². The van der Waals surface area contributed by atoms with Crippen LogP contribution in [-0.2, 0) is 24.0 Å². The van der Waals surface area contributed by atoms with Gasteiger partial charge in [0, 0.05) is 24.8 Å². The number of fused-ring (bicyclic) bond motifs is 1. The van der Waals surface area contributed by atoms with E-state index in [1.54, 1.807) is 24.3 Å². The largest absolute Gasteiger partial charge is 0.421 e. The molecule has 34 heavy (non-hydrogen) atoms. The van der Waals surface area contributed by atoms with E-state index < -0.39 is 17.8 Å². The topological polar surface area (TPSA) is 86.1 Å². The van der Waals surface area contributed by atoms with Crippen LogP contribution < -0.4 is 15.7 Å². The number of hydrogen-bond acceptors (Lipinski definition) is 7. The number of nitriles is 1. The van der Waals surface area contributed by atoms with E-state index in [9.17, 15) is 18.4 Å². The lowest BCUT2D eigenvalue weighted by molar-refractivity contribution is -0.138. The number of alkyl halides is 3. The summed E-state index contributed by atoms with van der Waals surface area (Å²) in [5.41, 5.74) is 3.17. The lowest BCUT2D eigenvalue weighted by Gasteiger charge is -2.26. The van der Waals surface area contributed by atoms with Crippen LogP contribution in [-0.4, -0.2) is 23.1 Å². The normalized spacial score (nSPS) is 17.8. The van der Waals surface area contributed by atoms with Gasteiger partial charge in [-0.2, -0.15) is 23.4 Å². The Kier molecular flexibility index (Phi) is 5.81. The van der Waals surface area contributed by atoms with Gasteiger partial charge in [0.2, 0.25) is 5.95 Å². The van der Waals surface area contributed by atoms with Crippen LogP contribution in [0.15, 0.2) is 48.7 Å². The van der Waals surface area contributed by atoms with Crippen molar-refractivity contribution in [2.45, 2.75) is 31.6 Å². The second-order valence-corrected chi connectivity index (χ2v) is 8.16. The molecule has 2 aliphatic rings. The van der Waals surface area contributed by atoms with Gasteiger partial charge in [0.15, 0.2) is 5.82 Å². The third-order valence-corrected chi connectivity index (χ3v) is 5.94. The summed E-state index contributed by atoms with van der Waals surface area (Å²) in [6, 6.07) is 14.1. The monoisotopic (exact) mass is 466 g/mol. The Labute approximate surface area is 194 Å². The minimum absolute atomic E-state index is 0.0340. The van der Waals surface area contributed by atoms with Crippen molar-refractivity contribution in [1.29, 1.82) is 5.26 Å². The van der Waals surface area contributed by atoms with E-state index in [4.69, 9.17) is 4.84 Å². The van der Waals surface area contributed by atoms with Gasteiger partial charge in [0.05, 0.1) is 24.3 Å². The first-order valence-corrected chi connectivity index (χ1v) is 10.9. The van der Waals surface area contributed by atoms with Crippen molar-refractivity contribution in [1.82, 2.24) is 15.3 Å². The summed E-state index contributed by atoms with van der Waals surface area (Å²) in [5.74, 6) is -0.332. The fourth-order valence-corrected chi connectivity index (χ4v) is 4.28. The summed E-state index contributed by atoms with van der Waals surface area (Å²) in [5, 5.41) is 16.7. The average molecular weight is 466 g/mol. The minimum atomic E-state index is -4.67. The molecule has 0 amide bonds. The maximum absolute atomic E-state index is 13.9. The van der Waals surface area contributed by atoms with Gasteiger partial charge >= 0.3 is 6.18 Å². The van der Waals surface area contributed by atoms with Crippen molar-refractivity contribution in [3.8, 4) is 6.07 Å². The van der Waals surface area contributed by atoms with E-state index in [-0.39, 0.29) is 18.4 Å². The molecule has 2 aromatic carbocycles. The van der Waals surface area contributed by atoms with Crippen molar-refractivity contribution in [2.24, 2.45) is 0 Å². The number of aromatic nitrogens is 2. The van der Waals surface area contributed by atoms with Crippen LogP contribution in [0.3, 0.4) is 0 Å². The predicted molar refractivity (Wildman–Crippen MR) is 119 cm³/mol. The molecular formula is C24H21F3N6O. The Morgan fingerprint density at radius 2 is 2.06 bits per heavy atom. The smallest absolute Gasteiger partial charge is 0.324 e. The molecule has 0 radical (unpaired) electrons. The molecule has 5 rings (SSSR count). The van der Waals surface area contributed by atoms with Crippen LogP contribution in [0.1, 0.15) is 40.3 Å². The molecule has 10 heteroatoms. The molecule has 3 heterocycles. The summed E-state index contributed by atoms with van der Waals surface area (Å²) < 4.78 is 41.6. The van der Waals surface area contributed by atoms with Crippen LogP contribution in [0.4, 0.5) is 30.6 Å². The van der Waals surface area contributed by atoms with Crippen LogP contribution in [0, 0.1) is 11.3 Å². The number of rotatable bonds is 4. The Bertz CT molecular complexity index is 1260. The van der Waals surface area contributed by atoms with E-state index in [1.165, 1.54) is 10.6 Å². The van der Waals surface area contributed by atoms with Crippen molar-refractivity contribution >= 4 is 17.5 Å². The second-order valence-electron chi connectivity index (χ2n) is 8.16. The van der Waals surface area contributed by atoms with Crippen molar-refractivity contribution in [3.63, 3.8) is 0 Å². The Morgan fingerprint density at radius 3 is 2.88 bits per heavy atom. The highest BCUT2D eigenvalue weighted by Gasteiger charge is 2.40. The molecule has 1 atom stereocenters. The van der Waals surface area contributed by atoms with E-state index in [2.05, 4.69) is 26.7 Å². The summed E-state index contributed by atoms with van der Waals surface area (Å²) >= 11 is 0. The second kappa shape index (κ2) is 8.93. The maximum Gasteiger partial charge on any atom is 0.421 e. The number of anilines is 3. The molecule has 174 valence electrons. The third kappa shape index (κ3) is 4.40. The first kappa shape index (κ1) is 22.1. The van der Waals surface area contributed by atoms with Gasteiger partial charge in [-0.05, 0) is 53.9 Å². The summed E-state index contributed by atoms with van der Waals surface area (Å²) in [6.45, 7) is 1.87. The molecule has 0 saturated carbocycles. The quantitative estimate of drug-likeness (QED) is 0.579. The average Bonchev–Trinajstić information content (AvgIpc) is 3.33. The SMILES string of the molecule is N#Cc1cccc([C@@H]2CCON2c2nc(Nc3ccc4c(c3)CNCC4)ncc2C(F)(F)F)c1. The number of nitrogens with one attached hydrogen (secondary N) is 2. The molecular weight excluding hydrogens is 445 g/mol. The molecule has 2 aliphatic heterocycles. The highest BCUT2D eigenvalue weighted by atomic mass is 19.4. The van der Waals surface area contributed by atoms with E-state index >= 15 is 0 Å². The zero-order valence-corrected chi connectivity index (χ0v) is 18.1. The number of hydroxylamine groups is 1. The molecule has 3 aromatic rings. The fourth-order valence-electron chi connectivity index (χ4n) is 4.28. The van der Waals surface area contributed by atoms with Crippen LogP contribution in [0.2, 0.25) is 0 Å². The molecule has 7 nitrogen and oxygen atoms in total. The van der Waals surface area contributed by atoms with Crippen LogP contribution >= 0.6 is 0 Å². The highest BCUT2D eigenvalue weighted by Crippen LogP contribution is 2.41. The van der Waals surface area contributed by atoms with Crippen molar-refractivity contribution in [2.75, 3.05) is 23.5 Å². The van der Waals surface area contributed by atoms with Gasteiger partial charge in [0.1, 0.15) is 5.56 Å². The Hall–Kier alpha value is -3.68. The first-order valence-electron chi connectivity index (χ1n) is 10.9. The van der Waals surface area contributed by atoms with Gasteiger partial charge in [0.25, 0.3) is 0 Å². The third-order valence-electron chi connectivity index (χ3n) is 5.94. The molecule has 0 spiro atoms. The minimum Gasteiger partial charge on any atom is -0.324 e. The van der Waals surface area contributed by atoms with Gasteiger partial charge < -0.3 is 10.6 Å². The lowest BCUT2D eigenvalue weighted by atomic mass is 10.0. The Balaban J connectivity index is 1.50. The summed E-state index contributed by atoms with van der Waals surface area (Å²) in [7, 11) is 0. The summed E-state index contributed by atoms with van der Waals surface area (Å²) in [6.07, 6.45) is -2.51. The highest BCUT2D eigenvalue weighted by molar-refractivity contribution is 5.59. The predicted octanol–water partition coefficient (Wildman–Crippen LogP) is 4.64. The van der Waals surface area contributed by atoms with Crippen molar-refractivity contribution < 1.29 is 18.0 Å². The van der Waals surface area contributed by atoms with Crippen molar-refractivity contribution in [3.05, 3.63) is 76.5 Å². The van der Waals surface area contributed by atoms with Crippen LogP contribution in [0.25, 0.3) is 0 Å². The number of benzene rings is 2. The van der Waals surface area contributed by atoms with Gasteiger partial charge in [-0.15, -0.1) is 0 Å². The molecule has 0 unspecified atom stereocenters. The molecule has 1 saturated heterocycles. The molecule has 0 aliphatic carbocycles. The van der Waals surface area contributed by atoms with Crippen LogP contribution in [0.5, 0.6) is 0 Å². The molecule has 2 N–H and O–H groups in total. The summed E-state index contributed by atoms with van der Waals surface area (Å²) in [4.78, 5) is 13.8. The number of halogens is 3. The Morgan fingerprint density at radius 1 is 1.18 bits per heavy atom. The zero-order valence-electron chi connectivity index (χ0n) is 18.1. The first-order chi connectivity index (χ1) is 16.4. The maximum atomic E-state index is 13.9. The molecule has 0 bridgehead atoms. The lowest BCUT2D eigenvalue weighted by Crippen LogP contribution is -2.26. The standard InChI is InChI=1S/C24H21F3N6O/c25-24(26,27)20-14-30-23(31-19-5-4-16-6-8-29-13-18(16)11-19)32-22(20)33-21(7-9-34-33)17-3-1-2-15(10-17)12-28/h1-5,10-11,14,21,29H,6-9,13H2,(H,30,31,32)/t21-/m0/s1. The van der Waals surface area contributed by atoms with E-state index in [0.29, 0.717) is 23.2 Å². The zero-order chi connectivity index (χ0) is 23.7. The van der Waals surface area contributed by atoms with E-state index in [0.717, 1.165) is 31.3 Å². The van der Waals surface area contributed by atoms with Gasteiger partial charge in [-0.25, -0.2) is 10.0 Å². The number of nitrogens with zero attached hydrogens (tertiary/aromatic N) is 4. The number of hydrogen-bond donors (Lipinski definition) is 2. The van der Waals surface area contributed by atoms with E-state index in [1.807, 2.05) is 18.2 Å². The fraction of sp³-hybridized carbons (Fsp3) is 0.292. The molecule has 1 aromatic heterocycles. The van der Waals surface area contributed by atoms with Gasteiger partial charge in [-0.1, -0.05) is 18.2 Å². The molecule has 1 fully saturated rings.